The molecule has 14 heavy (non-hydrogen) atoms. The fourth-order valence-corrected chi connectivity index (χ4v) is 1.75. The predicted octanol–water partition coefficient (Wildman–Crippen LogP) is 2.07. The highest BCUT2D eigenvalue weighted by atomic mass is 32.2. The first-order valence-electron chi connectivity index (χ1n) is 4.36. The van der Waals surface area contributed by atoms with Crippen LogP contribution in [-0.4, -0.2) is 26.3 Å². The molecule has 1 aromatic rings. The molecule has 1 heterocycles. The third kappa shape index (κ3) is 2.70. The van der Waals surface area contributed by atoms with Gasteiger partial charge in [-0.25, -0.2) is 14.8 Å². The normalized spacial score (nSPS) is 12.4. The zero-order chi connectivity index (χ0) is 10.6. The van der Waals surface area contributed by atoms with Gasteiger partial charge in [-0.05, 0) is 6.42 Å². The van der Waals surface area contributed by atoms with Gasteiger partial charge in [0.1, 0.15) is 5.03 Å². The molecule has 0 bridgehead atoms. The van der Waals surface area contributed by atoms with Crippen LogP contribution in [0.1, 0.15) is 30.8 Å². The number of hydrogen-bond donors (Lipinski definition) is 1. The van der Waals surface area contributed by atoms with Crippen LogP contribution < -0.4 is 0 Å². The van der Waals surface area contributed by atoms with Crippen molar-refractivity contribution < 1.29 is 9.90 Å². The van der Waals surface area contributed by atoms with Crippen LogP contribution in [0.2, 0.25) is 0 Å². The molecule has 5 heteroatoms. The van der Waals surface area contributed by atoms with Crippen molar-refractivity contribution in [3.05, 3.63) is 18.1 Å². The van der Waals surface area contributed by atoms with Crippen LogP contribution in [0.4, 0.5) is 0 Å². The predicted molar refractivity (Wildman–Crippen MR) is 54.6 cm³/mol. The third-order valence-corrected chi connectivity index (χ3v) is 3.01. The molecule has 1 N–H and O–H groups in total. The van der Waals surface area contributed by atoms with Crippen molar-refractivity contribution in [3.8, 4) is 0 Å². The summed E-state index contributed by atoms with van der Waals surface area (Å²) in [5.74, 6) is -1.02. The molecule has 0 saturated carbocycles. The molecule has 0 aliphatic carbocycles. The molecule has 1 unspecified atom stereocenters. The van der Waals surface area contributed by atoms with Crippen LogP contribution in [-0.2, 0) is 0 Å². The zero-order valence-corrected chi connectivity index (χ0v) is 8.91. The van der Waals surface area contributed by atoms with Gasteiger partial charge in [0.15, 0.2) is 5.69 Å². The first kappa shape index (κ1) is 11.0. The van der Waals surface area contributed by atoms with Gasteiger partial charge in [0.05, 0.1) is 0 Å². The Morgan fingerprint density at radius 2 is 2.21 bits per heavy atom. The van der Waals surface area contributed by atoms with Crippen LogP contribution in [0.3, 0.4) is 0 Å². The molecule has 1 rings (SSSR count). The van der Waals surface area contributed by atoms with Gasteiger partial charge in [0.2, 0.25) is 0 Å². The van der Waals surface area contributed by atoms with Crippen molar-refractivity contribution in [2.45, 2.75) is 30.5 Å². The smallest absolute Gasteiger partial charge is 0.357 e. The number of carbonyl (C=O) groups is 1. The third-order valence-electron chi connectivity index (χ3n) is 1.75. The summed E-state index contributed by atoms with van der Waals surface area (Å²) >= 11 is 1.44. The minimum absolute atomic E-state index is 0.0396. The lowest BCUT2D eigenvalue weighted by Crippen LogP contribution is -2.05. The average Bonchev–Trinajstić information content (AvgIpc) is 2.18. The quantitative estimate of drug-likeness (QED) is 0.774. The molecule has 0 aliphatic heterocycles. The van der Waals surface area contributed by atoms with E-state index in [9.17, 15) is 4.79 Å². The number of thioether (sulfide) groups is 1. The Kier molecular flexibility index (Phi) is 3.88. The maximum absolute atomic E-state index is 10.8. The molecule has 0 aliphatic rings. The SMILES string of the molecule is CCC(C)Sc1nccnc1C(=O)O. The van der Waals surface area contributed by atoms with Crippen LogP contribution >= 0.6 is 11.8 Å². The highest BCUT2D eigenvalue weighted by Gasteiger charge is 2.14. The van der Waals surface area contributed by atoms with Gasteiger partial charge >= 0.3 is 5.97 Å². The molecule has 0 aromatic carbocycles. The first-order valence-corrected chi connectivity index (χ1v) is 5.24. The number of nitrogens with zero attached hydrogens (tertiary/aromatic N) is 2. The lowest BCUT2D eigenvalue weighted by atomic mass is 10.4. The Labute approximate surface area is 86.8 Å². The monoisotopic (exact) mass is 212 g/mol. The highest BCUT2D eigenvalue weighted by molar-refractivity contribution is 7.99. The van der Waals surface area contributed by atoms with Gasteiger partial charge in [0.25, 0.3) is 0 Å². The Morgan fingerprint density at radius 3 is 2.79 bits per heavy atom. The lowest BCUT2D eigenvalue weighted by Gasteiger charge is -2.08. The molecule has 1 aromatic heterocycles. The fraction of sp³-hybridized carbons (Fsp3) is 0.444. The lowest BCUT2D eigenvalue weighted by molar-refractivity contribution is 0.0685. The van der Waals surface area contributed by atoms with Crippen LogP contribution in [0.15, 0.2) is 17.4 Å². The number of carboxylic acid groups (broad SMARTS) is 1. The number of carboxylic acids is 1. The van der Waals surface area contributed by atoms with Crippen LogP contribution in [0.5, 0.6) is 0 Å². The summed E-state index contributed by atoms with van der Waals surface area (Å²) in [6, 6.07) is 0. The summed E-state index contributed by atoms with van der Waals surface area (Å²) in [4.78, 5) is 18.6. The summed E-state index contributed by atoms with van der Waals surface area (Å²) in [7, 11) is 0. The molecule has 4 nitrogen and oxygen atoms in total. The van der Waals surface area contributed by atoms with E-state index < -0.39 is 5.97 Å². The van der Waals surface area contributed by atoms with Crippen LogP contribution in [0, 0.1) is 0 Å². The van der Waals surface area contributed by atoms with E-state index in [-0.39, 0.29) is 5.69 Å². The summed E-state index contributed by atoms with van der Waals surface area (Å²) in [6.45, 7) is 4.08. The van der Waals surface area contributed by atoms with Crippen molar-refractivity contribution in [1.29, 1.82) is 0 Å². The van der Waals surface area contributed by atoms with Gasteiger partial charge in [0, 0.05) is 17.6 Å². The highest BCUT2D eigenvalue weighted by Crippen LogP contribution is 2.24. The average molecular weight is 212 g/mol. The van der Waals surface area contributed by atoms with Gasteiger partial charge in [-0.3, -0.25) is 0 Å². The van der Waals surface area contributed by atoms with Gasteiger partial charge in [-0.15, -0.1) is 11.8 Å². The summed E-state index contributed by atoms with van der Waals surface area (Å²) in [6.07, 6.45) is 3.88. The standard InChI is InChI=1S/C9H12N2O2S/c1-3-6(2)14-8-7(9(12)13)10-4-5-11-8/h4-6H,3H2,1-2H3,(H,12,13). The molecule has 0 spiro atoms. The van der Waals surface area contributed by atoms with E-state index in [1.807, 2.05) is 6.92 Å². The molecular weight excluding hydrogens is 200 g/mol. The summed E-state index contributed by atoms with van der Waals surface area (Å²) in [5, 5.41) is 9.68. The minimum Gasteiger partial charge on any atom is -0.476 e. The van der Waals surface area contributed by atoms with E-state index >= 15 is 0 Å². The van der Waals surface area contributed by atoms with Crippen molar-refractivity contribution in [3.63, 3.8) is 0 Å². The second-order valence-electron chi connectivity index (χ2n) is 2.85. The number of aromatic nitrogens is 2. The Bertz CT molecular complexity index is 330. The Balaban J connectivity index is 2.90. The molecule has 0 amide bonds. The van der Waals surface area contributed by atoms with Gasteiger partial charge < -0.3 is 5.11 Å². The van der Waals surface area contributed by atoms with Crippen molar-refractivity contribution in [2.75, 3.05) is 0 Å². The van der Waals surface area contributed by atoms with E-state index in [0.29, 0.717) is 10.3 Å². The van der Waals surface area contributed by atoms with E-state index in [4.69, 9.17) is 5.11 Å². The molecule has 0 fully saturated rings. The summed E-state index contributed by atoms with van der Waals surface area (Å²) < 4.78 is 0. The van der Waals surface area contributed by atoms with Crippen molar-refractivity contribution >= 4 is 17.7 Å². The maximum atomic E-state index is 10.8. The fourth-order valence-electron chi connectivity index (χ4n) is 0.832. The molecule has 0 saturated heterocycles. The molecule has 0 radical (unpaired) electrons. The molecule has 1 atom stereocenters. The van der Waals surface area contributed by atoms with E-state index in [1.54, 1.807) is 0 Å². The topological polar surface area (TPSA) is 63.1 Å². The number of aromatic carboxylic acids is 1. The van der Waals surface area contributed by atoms with E-state index in [2.05, 4.69) is 16.9 Å². The number of hydrogen-bond acceptors (Lipinski definition) is 4. The van der Waals surface area contributed by atoms with Crippen molar-refractivity contribution in [2.24, 2.45) is 0 Å². The van der Waals surface area contributed by atoms with E-state index in [1.165, 1.54) is 24.2 Å². The Morgan fingerprint density at radius 1 is 1.57 bits per heavy atom. The summed E-state index contributed by atoms with van der Waals surface area (Å²) in [5.41, 5.74) is 0.0396. The Hall–Kier alpha value is -1.10. The van der Waals surface area contributed by atoms with Crippen molar-refractivity contribution in [1.82, 2.24) is 9.97 Å². The molecule has 76 valence electrons. The minimum atomic E-state index is -1.02. The maximum Gasteiger partial charge on any atom is 0.357 e. The van der Waals surface area contributed by atoms with E-state index in [0.717, 1.165) is 6.42 Å². The van der Waals surface area contributed by atoms with Gasteiger partial charge in [-0.1, -0.05) is 13.8 Å². The second-order valence-corrected chi connectivity index (χ2v) is 4.28. The largest absolute Gasteiger partial charge is 0.476 e. The molecular formula is C9H12N2O2S. The van der Waals surface area contributed by atoms with Gasteiger partial charge in [-0.2, -0.15) is 0 Å². The zero-order valence-electron chi connectivity index (χ0n) is 8.10. The first-order chi connectivity index (χ1) is 6.65. The number of rotatable bonds is 4. The van der Waals surface area contributed by atoms with Crippen LogP contribution in [0.25, 0.3) is 0 Å². The second kappa shape index (κ2) is 4.95.